The molecule has 2 aliphatic carbocycles. The van der Waals surface area contributed by atoms with Crippen LogP contribution < -0.4 is 11.5 Å². The highest BCUT2D eigenvalue weighted by atomic mass is 16.8. The van der Waals surface area contributed by atoms with Crippen LogP contribution >= 0.6 is 0 Å². The molecule has 3 aromatic rings. The number of aryl methyl sites for hydroxylation is 1. The molecule has 1 spiro atoms. The second kappa shape index (κ2) is 7.29. The summed E-state index contributed by atoms with van der Waals surface area (Å²) < 4.78 is 15.3. The Labute approximate surface area is 211 Å². The van der Waals surface area contributed by atoms with Gasteiger partial charge < -0.3 is 25.5 Å². The number of hydrogen-bond donors (Lipinski definition) is 2. The van der Waals surface area contributed by atoms with Gasteiger partial charge in [-0.3, -0.25) is 0 Å². The van der Waals surface area contributed by atoms with Crippen molar-refractivity contribution in [3.63, 3.8) is 0 Å². The molecule has 188 valence electrons. The Balaban J connectivity index is 1.17. The van der Waals surface area contributed by atoms with Crippen molar-refractivity contribution < 1.29 is 9.47 Å². The van der Waals surface area contributed by atoms with Crippen LogP contribution in [-0.2, 0) is 21.3 Å². The zero-order chi connectivity index (χ0) is 24.9. The highest BCUT2D eigenvalue weighted by molar-refractivity contribution is 6.00. The first-order valence-corrected chi connectivity index (χ1v) is 13.1. The number of fused-ring (bicyclic) bond motifs is 4. The van der Waals surface area contributed by atoms with Crippen LogP contribution in [0.2, 0.25) is 0 Å². The number of aliphatic imine (C=N–C) groups is 1. The molecule has 36 heavy (non-hydrogen) atoms. The van der Waals surface area contributed by atoms with Crippen molar-refractivity contribution >= 4 is 28.4 Å². The van der Waals surface area contributed by atoms with E-state index in [0.29, 0.717) is 5.82 Å². The Morgan fingerprint density at radius 1 is 1.08 bits per heavy atom. The molecule has 8 heteroatoms. The Hall–Kier alpha value is -2.97. The van der Waals surface area contributed by atoms with Crippen LogP contribution in [0.3, 0.4) is 0 Å². The standard InChI is InChI=1S/C28H34N6O2/c1-26(2)35-21-20(34-12-8-17-23(29)31-15-32-24(17)34)14-27(3,22(21)36-26)11-7-16-5-6-18-19(13-16)33-25(30)28(18)9-4-10-28/h5-6,8,12-13,15,20-22H,4,7,9-11,14H2,1-3H3,(H2,30,33)(H2,29,31,32)/t20-,21+,22+,27?/m1/s1. The molecule has 7 rings (SSSR count). The smallest absolute Gasteiger partial charge is 0.163 e. The number of rotatable bonds is 4. The van der Waals surface area contributed by atoms with Crippen molar-refractivity contribution in [1.82, 2.24) is 14.5 Å². The normalized spacial score (nSPS) is 31.4. The zero-order valence-corrected chi connectivity index (χ0v) is 21.2. The SMILES string of the molecule is CC1(C)O[C@H]2[C@H](n3ccc4c(N)ncnc43)CC(C)(CCc3ccc4c(c3)N=C(N)C43CCC3)[C@H]2O1. The second-order valence-electron chi connectivity index (χ2n) is 11.9. The predicted molar refractivity (Wildman–Crippen MR) is 139 cm³/mol. The highest BCUT2D eigenvalue weighted by Gasteiger charge is 2.59. The molecule has 2 aliphatic heterocycles. The van der Waals surface area contributed by atoms with Gasteiger partial charge >= 0.3 is 0 Å². The van der Waals surface area contributed by atoms with Gasteiger partial charge in [0.2, 0.25) is 0 Å². The first kappa shape index (κ1) is 22.2. The Morgan fingerprint density at radius 3 is 2.69 bits per heavy atom. The molecule has 0 bridgehead atoms. The fourth-order valence-electron chi connectivity index (χ4n) is 7.17. The summed E-state index contributed by atoms with van der Waals surface area (Å²) in [6, 6.07) is 8.90. The molecule has 4 atom stereocenters. The maximum atomic E-state index is 6.55. The lowest BCUT2D eigenvalue weighted by molar-refractivity contribution is -0.168. The number of hydrogen-bond acceptors (Lipinski definition) is 7. The number of nitrogens with zero attached hydrogens (tertiary/aromatic N) is 4. The van der Waals surface area contributed by atoms with Gasteiger partial charge in [0.25, 0.3) is 0 Å². The number of nitrogen functional groups attached to an aromatic ring is 1. The van der Waals surface area contributed by atoms with E-state index in [1.165, 1.54) is 23.9 Å². The number of ether oxygens (including phenoxy) is 2. The van der Waals surface area contributed by atoms with Gasteiger partial charge in [0.1, 0.15) is 29.7 Å². The molecule has 2 saturated carbocycles. The number of benzene rings is 1. The summed E-state index contributed by atoms with van der Waals surface area (Å²) >= 11 is 0. The van der Waals surface area contributed by atoms with Crippen LogP contribution in [0.1, 0.15) is 70.0 Å². The zero-order valence-electron chi connectivity index (χ0n) is 21.2. The van der Waals surface area contributed by atoms with E-state index in [0.717, 1.165) is 54.7 Å². The van der Waals surface area contributed by atoms with Gasteiger partial charge in [0.05, 0.1) is 28.6 Å². The van der Waals surface area contributed by atoms with Crippen LogP contribution in [0.5, 0.6) is 0 Å². The highest BCUT2D eigenvalue weighted by Crippen LogP contribution is 2.56. The summed E-state index contributed by atoms with van der Waals surface area (Å²) in [6.07, 6.45) is 9.89. The number of aromatic nitrogens is 3. The van der Waals surface area contributed by atoms with Gasteiger partial charge in [-0.2, -0.15) is 0 Å². The lowest BCUT2D eigenvalue weighted by Gasteiger charge is -2.38. The second-order valence-corrected chi connectivity index (χ2v) is 11.9. The van der Waals surface area contributed by atoms with Crippen LogP contribution in [0, 0.1) is 5.41 Å². The van der Waals surface area contributed by atoms with Gasteiger partial charge in [0.15, 0.2) is 5.79 Å². The van der Waals surface area contributed by atoms with E-state index in [4.69, 9.17) is 25.9 Å². The molecule has 1 saturated heterocycles. The molecule has 4 heterocycles. The average molecular weight is 487 g/mol. The maximum Gasteiger partial charge on any atom is 0.163 e. The minimum Gasteiger partial charge on any atom is -0.386 e. The summed E-state index contributed by atoms with van der Waals surface area (Å²) in [5, 5.41) is 0.878. The molecule has 4 N–H and O–H groups in total. The molecular formula is C28H34N6O2. The van der Waals surface area contributed by atoms with Gasteiger partial charge in [0, 0.05) is 6.20 Å². The fourth-order valence-corrected chi connectivity index (χ4v) is 7.17. The summed E-state index contributed by atoms with van der Waals surface area (Å²) in [5.74, 6) is 0.684. The van der Waals surface area contributed by atoms with E-state index in [2.05, 4.69) is 45.9 Å². The number of anilines is 1. The Bertz CT molecular complexity index is 1410. The monoisotopic (exact) mass is 486 g/mol. The number of amidine groups is 1. The molecule has 0 amide bonds. The molecule has 4 aliphatic rings. The van der Waals surface area contributed by atoms with E-state index >= 15 is 0 Å². The lowest BCUT2D eigenvalue weighted by atomic mass is 9.64. The largest absolute Gasteiger partial charge is 0.386 e. The van der Waals surface area contributed by atoms with Gasteiger partial charge in [-0.05, 0) is 74.6 Å². The van der Waals surface area contributed by atoms with E-state index in [1.807, 2.05) is 19.9 Å². The van der Waals surface area contributed by atoms with Crippen molar-refractivity contribution in [2.24, 2.45) is 16.1 Å². The molecule has 2 aromatic heterocycles. The minimum atomic E-state index is -0.622. The van der Waals surface area contributed by atoms with E-state index in [-0.39, 0.29) is 29.1 Å². The van der Waals surface area contributed by atoms with Crippen molar-refractivity contribution in [2.75, 3.05) is 5.73 Å². The Kier molecular flexibility index (Phi) is 4.51. The summed E-state index contributed by atoms with van der Waals surface area (Å²) in [7, 11) is 0. The third-order valence-electron chi connectivity index (χ3n) is 9.27. The topological polar surface area (TPSA) is 114 Å². The quantitative estimate of drug-likeness (QED) is 0.560. The predicted octanol–water partition coefficient (Wildman–Crippen LogP) is 4.54. The minimum absolute atomic E-state index is 0.00419. The van der Waals surface area contributed by atoms with E-state index < -0.39 is 5.79 Å². The van der Waals surface area contributed by atoms with Crippen LogP contribution in [0.25, 0.3) is 11.0 Å². The first-order chi connectivity index (χ1) is 17.2. The first-order valence-electron chi connectivity index (χ1n) is 13.1. The van der Waals surface area contributed by atoms with Gasteiger partial charge in [-0.25, -0.2) is 15.0 Å². The van der Waals surface area contributed by atoms with Crippen LogP contribution in [0.15, 0.2) is 41.8 Å². The summed E-state index contributed by atoms with van der Waals surface area (Å²) in [6.45, 7) is 6.36. The molecule has 0 radical (unpaired) electrons. The van der Waals surface area contributed by atoms with Gasteiger partial charge in [-0.15, -0.1) is 0 Å². The maximum absolute atomic E-state index is 6.55. The Morgan fingerprint density at radius 2 is 1.92 bits per heavy atom. The number of nitrogens with two attached hydrogens (primary N) is 2. The summed E-state index contributed by atoms with van der Waals surface area (Å²) in [4.78, 5) is 13.5. The summed E-state index contributed by atoms with van der Waals surface area (Å²) in [5.41, 5.74) is 17.0. The van der Waals surface area contributed by atoms with Gasteiger partial charge in [-0.1, -0.05) is 25.5 Å². The van der Waals surface area contributed by atoms with E-state index in [9.17, 15) is 0 Å². The average Bonchev–Trinajstić information content (AvgIpc) is 3.51. The van der Waals surface area contributed by atoms with Crippen LogP contribution in [0.4, 0.5) is 11.5 Å². The lowest BCUT2D eigenvalue weighted by Crippen LogP contribution is -2.44. The van der Waals surface area contributed by atoms with Crippen molar-refractivity contribution in [2.45, 2.75) is 88.7 Å². The fraction of sp³-hybridized carbons (Fsp3) is 0.536. The molecule has 1 aromatic carbocycles. The molecule has 8 nitrogen and oxygen atoms in total. The molecule has 1 unspecified atom stereocenters. The molecular weight excluding hydrogens is 452 g/mol. The third-order valence-corrected chi connectivity index (χ3v) is 9.27. The van der Waals surface area contributed by atoms with Crippen molar-refractivity contribution in [1.29, 1.82) is 0 Å². The van der Waals surface area contributed by atoms with Crippen molar-refractivity contribution in [3.8, 4) is 0 Å². The van der Waals surface area contributed by atoms with Crippen LogP contribution in [-0.4, -0.2) is 38.4 Å². The van der Waals surface area contributed by atoms with Crippen molar-refractivity contribution in [3.05, 3.63) is 47.9 Å². The molecule has 3 fully saturated rings. The third kappa shape index (κ3) is 3.03. The van der Waals surface area contributed by atoms with E-state index in [1.54, 1.807) is 0 Å².